The van der Waals surface area contributed by atoms with Gasteiger partial charge in [0.1, 0.15) is 0 Å². The molecular formula is C28H42O3. The average molecular weight is 427 g/mol. The molecule has 0 N–H and O–H groups in total. The highest BCUT2D eigenvalue weighted by Crippen LogP contribution is 2.59. The number of rotatable bonds is 7. The average Bonchev–Trinajstić information content (AvgIpc) is 3.31. The predicted molar refractivity (Wildman–Crippen MR) is 128 cm³/mol. The molecule has 172 valence electrons. The topological polar surface area (TPSA) is 27.7 Å². The molecule has 3 heteroatoms. The number of allylic oxidation sites excluding steroid dienone is 4. The molecule has 3 nitrogen and oxygen atoms in total. The molecule has 0 aromatic carbocycles. The molecule has 4 rings (SSSR count). The van der Waals surface area contributed by atoms with Crippen LogP contribution in [0.2, 0.25) is 0 Å². The van der Waals surface area contributed by atoms with Gasteiger partial charge in [0.25, 0.3) is 0 Å². The van der Waals surface area contributed by atoms with E-state index < -0.39 is 0 Å². The molecule has 0 amide bonds. The molecule has 4 aliphatic rings. The van der Waals surface area contributed by atoms with Crippen molar-refractivity contribution in [1.82, 2.24) is 0 Å². The van der Waals surface area contributed by atoms with Crippen LogP contribution >= 0.6 is 0 Å². The van der Waals surface area contributed by atoms with Gasteiger partial charge < -0.3 is 14.2 Å². The summed E-state index contributed by atoms with van der Waals surface area (Å²) in [4.78, 5) is 0. The standard InChI is InChI=1S/C28H40O3.H2/c1-6-21(17-29-5)19(2)11-13-24-20(3)12-14-25-23-18-30-27(22-9-7-8-10-22)31-26(23)15-16-28(24,25)4;/h6,17-18,22,24-27H,1-3,7-16H2,4-5H3;1H/b21-17+;/t24-,25?,26-,27-,28+;/m1./s1. The van der Waals surface area contributed by atoms with E-state index in [0.717, 1.165) is 43.3 Å². The molecule has 0 aromatic rings. The minimum absolute atomic E-state index is 0. The van der Waals surface area contributed by atoms with Crippen LogP contribution in [0, 0.1) is 23.2 Å². The highest BCUT2D eigenvalue weighted by Gasteiger charge is 2.52. The van der Waals surface area contributed by atoms with Gasteiger partial charge in [-0.3, -0.25) is 0 Å². The summed E-state index contributed by atoms with van der Waals surface area (Å²) in [5, 5.41) is 0. The number of hydrogen-bond acceptors (Lipinski definition) is 3. The van der Waals surface area contributed by atoms with Crippen molar-refractivity contribution in [3.63, 3.8) is 0 Å². The van der Waals surface area contributed by atoms with E-state index in [0.29, 0.717) is 17.8 Å². The number of ether oxygens (including phenoxy) is 3. The van der Waals surface area contributed by atoms with Gasteiger partial charge in [0.05, 0.1) is 25.7 Å². The lowest BCUT2D eigenvalue weighted by Gasteiger charge is -2.55. The second-order valence-electron chi connectivity index (χ2n) is 10.3. The van der Waals surface area contributed by atoms with Gasteiger partial charge in [-0.15, -0.1) is 0 Å². The van der Waals surface area contributed by atoms with Gasteiger partial charge in [0.15, 0.2) is 0 Å². The lowest BCUT2D eigenvalue weighted by Crippen LogP contribution is -2.49. The van der Waals surface area contributed by atoms with Gasteiger partial charge in [0, 0.05) is 12.9 Å². The van der Waals surface area contributed by atoms with E-state index >= 15 is 0 Å². The Bertz CT molecular complexity index is 776. The largest absolute Gasteiger partial charge is 0.504 e. The molecule has 0 spiro atoms. The van der Waals surface area contributed by atoms with Crippen molar-refractivity contribution in [2.45, 2.75) is 83.5 Å². The second kappa shape index (κ2) is 9.40. The van der Waals surface area contributed by atoms with Crippen molar-refractivity contribution in [2.75, 3.05) is 7.11 Å². The summed E-state index contributed by atoms with van der Waals surface area (Å²) in [6.07, 6.45) is 17.6. The van der Waals surface area contributed by atoms with Crippen molar-refractivity contribution < 1.29 is 15.6 Å². The summed E-state index contributed by atoms with van der Waals surface area (Å²) >= 11 is 0. The molecule has 0 bridgehead atoms. The van der Waals surface area contributed by atoms with Crippen molar-refractivity contribution >= 4 is 0 Å². The highest BCUT2D eigenvalue weighted by molar-refractivity contribution is 5.36. The van der Waals surface area contributed by atoms with E-state index in [2.05, 4.69) is 32.9 Å². The molecule has 3 fully saturated rings. The second-order valence-corrected chi connectivity index (χ2v) is 10.3. The first-order valence-electron chi connectivity index (χ1n) is 12.2. The Balaban J connectivity index is 0.00000289. The number of hydrogen-bond donors (Lipinski definition) is 0. The van der Waals surface area contributed by atoms with Crippen LogP contribution in [0.3, 0.4) is 0 Å². The zero-order valence-corrected chi connectivity index (χ0v) is 19.5. The van der Waals surface area contributed by atoms with Crippen LogP contribution in [0.1, 0.15) is 72.6 Å². The van der Waals surface area contributed by atoms with E-state index in [9.17, 15) is 0 Å². The molecule has 3 aliphatic carbocycles. The Morgan fingerprint density at radius 2 is 2.06 bits per heavy atom. The van der Waals surface area contributed by atoms with Gasteiger partial charge in [-0.1, -0.05) is 51.2 Å². The number of methoxy groups -OCH3 is 1. The Morgan fingerprint density at radius 1 is 1.29 bits per heavy atom. The van der Waals surface area contributed by atoms with Crippen molar-refractivity contribution in [2.24, 2.45) is 23.2 Å². The van der Waals surface area contributed by atoms with Crippen LogP contribution in [-0.2, 0) is 14.2 Å². The van der Waals surface area contributed by atoms with Crippen molar-refractivity contribution in [1.29, 1.82) is 0 Å². The maximum Gasteiger partial charge on any atom is 0.202 e. The van der Waals surface area contributed by atoms with E-state index in [4.69, 9.17) is 14.2 Å². The molecule has 3 saturated carbocycles. The first-order chi connectivity index (χ1) is 15.0. The minimum Gasteiger partial charge on any atom is -0.504 e. The first kappa shape index (κ1) is 22.5. The fourth-order valence-corrected chi connectivity index (χ4v) is 6.77. The third-order valence-corrected chi connectivity index (χ3v) is 8.59. The normalized spacial score (nSPS) is 36.1. The zero-order chi connectivity index (χ0) is 22.0. The van der Waals surface area contributed by atoms with E-state index in [1.54, 1.807) is 13.4 Å². The summed E-state index contributed by atoms with van der Waals surface area (Å²) in [6.45, 7) is 15.2. The van der Waals surface area contributed by atoms with Crippen molar-refractivity contribution in [3.8, 4) is 0 Å². The first-order valence-corrected chi connectivity index (χ1v) is 12.2. The van der Waals surface area contributed by atoms with Gasteiger partial charge in [-0.2, -0.15) is 0 Å². The molecular weight excluding hydrogens is 384 g/mol. The third-order valence-electron chi connectivity index (χ3n) is 8.59. The molecule has 5 atom stereocenters. The monoisotopic (exact) mass is 426 g/mol. The molecule has 0 radical (unpaired) electrons. The SMILES string of the molecule is C=C/C(=C\OC)C(=C)CC[C@@H]1C(=C)CCC2C3=CO[C@@H](C4CCCC4)O[C@@H]3CC[C@]21C.[HH]. The molecule has 0 saturated heterocycles. The Hall–Kier alpha value is -1.74. The van der Waals surface area contributed by atoms with E-state index in [1.807, 2.05) is 6.08 Å². The highest BCUT2D eigenvalue weighted by atomic mass is 16.7. The lowest BCUT2D eigenvalue weighted by molar-refractivity contribution is -0.192. The van der Waals surface area contributed by atoms with Crippen LogP contribution < -0.4 is 0 Å². The van der Waals surface area contributed by atoms with Gasteiger partial charge >= 0.3 is 0 Å². The summed E-state index contributed by atoms with van der Waals surface area (Å²) in [7, 11) is 1.67. The predicted octanol–water partition coefficient (Wildman–Crippen LogP) is 7.48. The number of fused-ring (bicyclic) bond motifs is 3. The fourth-order valence-electron chi connectivity index (χ4n) is 6.77. The molecule has 31 heavy (non-hydrogen) atoms. The van der Waals surface area contributed by atoms with Crippen LogP contribution in [0.15, 0.2) is 60.6 Å². The van der Waals surface area contributed by atoms with Crippen LogP contribution in [0.25, 0.3) is 0 Å². The van der Waals surface area contributed by atoms with Crippen LogP contribution in [0.5, 0.6) is 0 Å². The van der Waals surface area contributed by atoms with Crippen LogP contribution in [0.4, 0.5) is 0 Å². The Morgan fingerprint density at radius 3 is 2.77 bits per heavy atom. The summed E-state index contributed by atoms with van der Waals surface area (Å²) in [5.41, 5.74) is 5.11. The van der Waals surface area contributed by atoms with Gasteiger partial charge in [-0.05, 0) is 79.8 Å². The fraction of sp³-hybridized carbons (Fsp3) is 0.643. The minimum atomic E-state index is -0.0248. The summed E-state index contributed by atoms with van der Waals surface area (Å²) in [5.74, 6) is 1.59. The summed E-state index contributed by atoms with van der Waals surface area (Å²) < 4.78 is 17.9. The smallest absolute Gasteiger partial charge is 0.202 e. The van der Waals surface area contributed by atoms with Crippen LogP contribution in [-0.4, -0.2) is 19.5 Å². The lowest BCUT2D eigenvalue weighted by atomic mass is 9.51. The third kappa shape index (κ3) is 4.31. The molecule has 0 aromatic heterocycles. The Kier molecular flexibility index (Phi) is 6.81. The summed E-state index contributed by atoms with van der Waals surface area (Å²) in [6, 6.07) is 0. The van der Waals surface area contributed by atoms with Gasteiger partial charge in [0.2, 0.25) is 6.29 Å². The molecule has 1 aliphatic heterocycles. The quantitative estimate of drug-likeness (QED) is 0.240. The Labute approximate surface area is 190 Å². The molecule has 1 unspecified atom stereocenters. The van der Waals surface area contributed by atoms with E-state index in [1.165, 1.54) is 43.3 Å². The van der Waals surface area contributed by atoms with Crippen molar-refractivity contribution in [3.05, 3.63) is 60.6 Å². The zero-order valence-electron chi connectivity index (χ0n) is 19.5. The van der Waals surface area contributed by atoms with Gasteiger partial charge in [-0.25, -0.2) is 0 Å². The molecule has 1 heterocycles. The maximum atomic E-state index is 6.54. The maximum absolute atomic E-state index is 6.54. The van der Waals surface area contributed by atoms with E-state index in [-0.39, 0.29) is 19.2 Å².